The van der Waals surface area contributed by atoms with Crippen LogP contribution in [0.15, 0.2) is 60.9 Å². The first-order valence-electron chi connectivity index (χ1n) is 10.8. The molecule has 2 heterocycles. The van der Waals surface area contributed by atoms with Crippen molar-refractivity contribution in [1.82, 2.24) is 9.97 Å². The number of ether oxygens (including phenoxy) is 1. The van der Waals surface area contributed by atoms with E-state index in [4.69, 9.17) is 15.5 Å². The lowest BCUT2D eigenvalue weighted by Crippen LogP contribution is -2.31. The van der Waals surface area contributed by atoms with Gasteiger partial charge in [0.1, 0.15) is 0 Å². The van der Waals surface area contributed by atoms with Crippen LogP contribution in [0.4, 0.5) is 18.3 Å². The number of methoxy groups -OCH3 is 1. The Morgan fingerprint density at radius 3 is 2.56 bits per heavy atom. The molecule has 4 rings (SSSR count). The molecule has 1 unspecified atom stereocenters. The second-order valence-corrected chi connectivity index (χ2v) is 9.09. The van der Waals surface area contributed by atoms with Crippen LogP contribution in [-0.2, 0) is 17.3 Å². The third-order valence-corrected chi connectivity index (χ3v) is 6.67. The van der Waals surface area contributed by atoms with E-state index in [2.05, 4.69) is 16.4 Å². The molecule has 178 valence electrons. The second kappa shape index (κ2) is 10.1. The van der Waals surface area contributed by atoms with Crippen LogP contribution in [0.1, 0.15) is 29.8 Å². The summed E-state index contributed by atoms with van der Waals surface area (Å²) in [5.74, 6) is 0. The van der Waals surface area contributed by atoms with Gasteiger partial charge in [0.2, 0.25) is 0 Å². The van der Waals surface area contributed by atoms with Gasteiger partial charge in [-0.25, -0.2) is 4.98 Å². The highest BCUT2D eigenvalue weighted by Gasteiger charge is 2.30. The van der Waals surface area contributed by atoms with Gasteiger partial charge in [-0.15, -0.1) is 0 Å². The maximum Gasteiger partial charge on any atom is 0.416 e. The van der Waals surface area contributed by atoms with Crippen molar-refractivity contribution in [2.75, 3.05) is 19.0 Å². The zero-order chi connectivity index (χ0) is 24.3. The smallest absolute Gasteiger partial charge is 0.375 e. The van der Waals surface area contributed by atoms with Crippen LogP contribution in [0.3, 0.4) is 0 Å². The van der Waals surface area contributed by atoms with E-state index in [1.165, 1.54) is 23.5 Å². The molecule has 0 fully saturated rings. The molecule has 5 nitrogen and oxygen atoms in total. The van der Waals surface area contributed by atoms with E-state index in [0.29, 0.717) is 18.1 Å². The number of fused-ring (bicyclic) bond motifs is 1. The van der Waals surface area contributed by atoms with Crippen molar-refractivity contribution in [3.8, 4) is 10.4 Å². The van der Waals surface area contributed by atoms with Gasteiger partial charge in [0.15, 0.2) is 5.13 Å². The molecule has 0 saturated carbocycles. The minimum atomic E-state index is -4.34. The van der Waals surface area contributed by atoms with Gasteiger partial charge >= 0.3 is 6.18 Å². The van der Waals surface area contributed by atoms with Crippen molar-refractivity contribution in [3.05, 3.63) is 77.7 Å². The van der Waals surface area contributed by atoms with Crippen LogP contribution in [0, 0.1) is 0 Å². The fraction of sp³-hybridized carbons (Fsp3) is 0.280. The lowest BCUT2D eigenvalue weighted by Gasteiger charge is -2.13. The van der Waals surface area contributed by atoms with Crippen molar-refractivity contribution >= 4 is 27.2 Å². The van der Waals surface area contributed by atoms with E-state index >= 15 is 0 Å². The highest BCUT2D eigenvalue weighted by atomic mass is 32.1. The van der Waals surface area contributed by atoms with Crippen LogP contribution in [0.5, 0.6) is 0 Å². The van der Waals surface area contributed by atoms with E-state index in [0.717, 1.165) is 44.6 Å². The summed E-state index contributed by atoms with van der Waals surface area (Å²) in [6.07, 6.45) is -0.499. The molecule has 3 N–H and O–H groups in total. The Kier molecular flexibility index (Phi) is 7.16. The maximum atomic E-state index is 12.8. The molecule has 2 aromatic carbocycles. The first-order valence-corrected chi connectivity index (χ1v) is 11.6. The van der Waals surface area contributed by atoms with Crippen LogP contribution >= 0.6 is 11.3 Å². The number of nitrogens with one attached hydrogen (secondary N) is 1. The van der Waals surface area contributed by atoms with Crippen LogP contribution < -0.4 is 11.1 Å². The molecule has 0 radical (unpaired) electrons. The molecule has 0 bridgehead atoms. The van der Waals surface area contributed by atoms with Gasteiger partial charge in [0.25, 0.3) is 0 Å². The number of anilines is 1. The quantitative estimate of drug-likeness (QED) is 0.316. The summed E-state index contributed by atoms with van der Waals surface area (Å²) in [4.78, 5) is 9.91. The lowest BCUT2D eigenvalue weighted by atomic mass is 10.0. The van der Waals surface area contributed by atoms with E-state index in [1.807, 2.05) is 31.3 Å². The number of thiazole rings is 1. The zero-order valence-electron chi connectivity index (χ0n) is 18.8. The molecule has 0 aliphatic heterocycles. The number of hydrogen-bond donors (Lipinski definition) is 2. The average molecular weight is 487 g/mol. The first kappa shape index (κ1) is 24.1. The Morgan fingerprint density at radius 2 is 1.85 bits per heavy atom. The summed E-state index contributed by atoms with van der Waals surface area (Å²) in [6, 6.07) is 13.0. The summed E-state index contributed by atoms with van der Waals surface area (Å²) in [5, 5.41) is 6.15. The molecule has 2 atom stereocenters. The summed E-state index contributed by atoms with van der Waals surface area (Å²) in [5.41, 5.74) is 8.20. The van der Waals surface area contributed by atoms with Crippen molar-refractivity contribution in [2.24, 2.45) is 5.73 Å². The molecule has 0 spiro atoms. The average Bonchev–Trinajstić information content (AvgIpc) is 3.26. The first-order chi connectivity index (χ1) is 16.2. The van der Waals surface area contributed by atoms with Crippen molar-refractivity contribution in [2.45, 2.75) is 31.7 Å². The highest BCUT2D eigenvalue weighted by Crippen LogP contribution is 2.38. The van der Waals surface area contributed by atoms with E-state index < -0.39 is 11.7 Å². The van der Waals surface area contributed by atoms with Gasteiger partial charge in [-0.05, 0) is 54.1 Å². The van der Waals surface area contributed by atoms with Gasteiger partial charge in [-0.3, -0.25) is 4.98 Å². The molecule has 0 amide bonds. The third-order valence-electron chi connectivity index (χ3n) is 5.59. The summed E-state index contributed by atoms with van der Waals surface area (Å²) in [7, 11) is 1.65. The third kappa shape index (κ3) is 5.55. The molecule has 34 heavy (non-hydrogen) atoms. The Hall–Kier alpha value is -3.01. The number of nitrogens with zero attached hydrogens (tertiary/aromatic N) is 2. The monoisotopic (exact) mass is 486 g/mol. The Bertz CT molecular complexity index is 1260. The van der Waals surface area contributed by atoms with Crippen LogP contribution in [-0.4, -0.2) is 29.7 Å². The molecule has 0 saturated heterocycles. The molecular formula is C25H25F3N4OS. The number of rotatable bonds is 8. The van der Waals surface area contributed by atoms with E-state index in [-0.39, 0.29) is 12.1 Å². The fourth-order valence-electron chi connectivity index (χ4n) is 3.65. The Labute approximate surface area is 199 Å². The number of alkyl halides is 3. The number of hydrogen-bond acceptors (Lipinski definition) is 6. The number of nitrogens with two attached hydrogens (primary N) is 1. The topological polar surface area (TPSA) is 73.1 Å². The van der Waals surface area contributed by atoms with Crippen LogP contribution in [0.2, 0.25) is 0 Å². The van der Waals surface area contributed by atoms with Gasteiger partial charge in [0.05, 0.1) is 22.2 Å². The summed E-state index contributed by atoms with van der Waals surface area (Å²) in [6.45, 7) is 2.38. The highest BCUT2D eigenvalue weighted by molar-refractivity contribution is 7.19. The normalized spacial score (nSPS) is 13.7. The fourth-order valence-corrected chi connectivity index (χ4v) is 4.70. The summed E-state index contributed by atoms with van der Waals surface area (Å²) >= 11 is 1.52. The van der Waals surface area contributed by atoms with E-state index in [1.54, 1.807) is 13.3 Å². The van der Waals surface area contributed by atoms with Gasteiger partial charge < -0.3 is 15.8 Å². The number of benzene rings is 2. The molecule has 0 aliphatic rings. The molecule has 2 aromatic heterocycles. The second-order valence-electron chi connectivity index (χ2n) is 8.09. The van der Waals surface area contributed by atoms with Crippen molar-refractivity contribution in [1.29, 1.82) is 0 Å². The van der Waals surface area contributed by atoms with Crippen molar-refractivity contribution < 1.29 is 17.9 Å². The van der Waals surface area contributed by atoms with Crippen LogP contribution in [0.25, 0.3) is 21.2 Å². The molecular weight excluding hydrogens is 461 g/mol. The van der Waals surface area contributed by atoms with Crippen molar-refractivity contribution in [3.63, 3.8) is 0 Å². The van der Waals surface area contributed by atoms with Gasteiger partial charge in [-0.2, -0.15) is 13.2 Å². The predicted molar refractivity (Wildman–Crippen MR) is 130 cm³/mol. The number of aromatic nitrogens is 2. The SMILES string of the molecule is COC(C)c1nc(NC[C@H](N)Cc2ccc(C(F)(F)F)cc2)sc1-c1ccc2cnccc2c1. The molecule has 9 heteroatoms. The lowest BCUT2D eigenvalue weighted by molar-refractivity contribution is -0.137. The minimum absolute atomic E-state index is 0.198. The number of pyridine rings is 1. The Morgan fingerprint density at radius 1 is 1.09 bits per heavy atom. The minimum Gasteiger partial charge on any atom is -0.375 e. The predicted octanol–water partition coefficient (Wildman–Crippen LogP) is 6.07. The van der Waals surface area contributed by atoms with Gasteiger partial charge in [0, 0.05) is 37.5 Å². The summed E-state index contributed by atoms with van der Waals surface area (Å²) < 4.78 is 43.8. The zero-order valence-corrected chi connectivity index (χ0v) is 19.6. The van der Waals surface area contributed by atoms with E-state index in [9.17, 15) is 13.2 Å². The largest absolute Gasteiger partial charge is 0.416 e. The Balaban J connectivity index is 1.48. The van der Waals surface area contributed by atoms with Gasteiger partial charge in [-0.1, -0.05) is 35.6 Å². The number of halogens is 3. The molecule has 0 aliphatic carbocycles. The molecule has 4 aromatic rings. The maximum absolute atomic E-state index is 12.8. The standard InChI is InChI=1S/C25H25F3N4OS/c1-15(33-2)22-23(18-5-6-19-13-30-10-9-17(19)12-18)34-24(32-22)31-14-21(29)11-16-3-7-20(8-4-16)25(26,27)28/h3-10,12-13,15,21H,11,14,29H2,1-2H3,(H,31,32)/t15?,21-/m1/s1.